The van der Waals surface area contributed by atoms with Gasteiger partial charge in [-0.15, -0.1) is 0 Å². The maximum atomic E-state index is 12.6. The summed E-state index contributed by atoms with van der Waals surface area (Å²) in [4.78, 5) is 19.0. The van der Waals surface area contributed by atoms with E-state index >= 15 is 0 Å². The van der Waals surface area contributed by atoms with Crippen LogP contribution in [0.1, 0.15) is 18.2 Å². The molecule has 2 heterocycles. The van der Waals surface area contributed by atoms with E-state index in [1.807, 2.05) is 57.1 Å². The third kappa shape index (κ3) is 3.69. The molecule has 3 aromatic rings. The number of fused-ring (bicyclic) bond motifs is 1. The van der Waals surface area contributed by atoms with Crippen molar-refractivity contribution in [3.63, 3.8) is 0 Å². The molecule has 0 aliphatic heterocycles. The van der Waals surface area contributed by atoms with Crippen molar-refractivity contribution in [3.05, 3.63) is 53.9 Å². The summed E-state index contributed by atoms with van der Waals surface area (Å²) in [6, 6.07) is 11.8. The predicted molar refractivity (Wildman–Crippen MR) is 99.2 cm³/mol. The molecule has 0 aliphatic rings. The van der Waals surface area contributed by atoms with E-state index < -0.39 is 0 Å². The number of hydrogen-bond donors (Lipinski definition) is 1. The molecule has 0 fully saturated rings. The molecule has 0 bridgehead atoms. The normalized spacial score (nSPS) is 12.5. The van der Waals surface area contributed by atoms with E-state index in [-0.39, 0.29) is 11.9 Å². The third-order valence-electron chi connectivity index (χ3n) is 4.45. The Balaban J connectivity index is 1.69. The second kappa shape index (κ2) is 7.03. The Morgan fingerprint density at radius 3 is 2.76 bits per heavy atom. The van der Waals surface area contributed by atoms with Gasteiger partial charge in [0.25, 0.3) is 0 Å². The van der Waals surface area contributed by atoms with Gasteiger partial charge in [-0.2, -0.15) is 5.10 Å². The van der Waals surface area contributed by atoms with Crippen molar-refractivity contribution in [2.45, 2.75) is 26.4 Å². The molecule has 1 amide bonds. The van der Waals surface area contributed by atoms with Crippen LogP contribution in [-0.4, -0.2) is 38.7 Å². The molecular weight excluding hydrogens is 314 g/mol. The first kappa shape index (κ1) is 17.1. The highest BCUT2D eigenvalue weighted by atomic mass is 16.2. The monoisotopic (exact) mass is 337 g/mol. The lowest BCUT2D eigenvalue weighted by atomic mass is 10.2. The van der Waals surface area contributed by atoms with E-state index in [1.54, 1.807) is 10.9 Å². The number of likely N-dealkylation sites (N-methyl/N-ethyl adjacent to an activating group) is 1. The number of nitrogens with zero attached hydrogens (tertiary/aromatic N) is 4. The molecule has 1 N–H and O–H groups in total. The number of benzene rings is 1. The quantitative estimate of drug-likeness (QED) is 0.777. The highest BCUT2D eigenvalue weighted by Crippen LogP contribution is 2.19. The first-order valence-corrected chi connectivity index (χ1v) is 8.30. The van der Waals surface area contributed by atoms with Crippen molar-refractivity contribution in [2.24, 2.45) is 7.05 Å². The summed E-state index contributed by atoms with van der Waals surface area (Å²) < 4.78 is 1.74. The second-order valence-corrected chi connectivity index (χ2v) is 6.37. The van der Waals surface area contributed by atoms with Crippen LogP contribution in [0.25, 0.3) is 11.0 Å². The minimum absolute atomic E-state index is 0.0545. The van der Waals surface area contributed by atoms with Crippen LogP contribution in [0.5, 0.6) is 0 Å². The van der Waals surface area contributed by atoms with Gasteiger partial charge in [-0.25, -0.2) is 4.98 Å². The van der Waals surface area contributed by atoms with E-state index in [1.165, 1.54) is 5.56 Å². The number of carbonyl (C=O) groups excluding carboxylic acids is 1. The minimum Gasteiger partial charge on any atom is -0.323 e. The number of aromatic nitrogens is 3. The van der Waals surface area contributed by atoms with Crippen molar-refractivity contribution in [1.82, 2.24) is 19.7 Å². The largest absolute Gasteiger partial charge is 0.323 e. The highest BCUT2D eigenvalue weighted by Gasteiger charge is 2.19. The molecule has 2 aromatic heterocycles. The number of hydrogen-bond acceptors (Lipinski definition) is 4. The number of carbonyl (C=O) groups is 1. The van der Waals surface area contributed by atoms with Gasteiger partial charge >= 0.3 is 0 Å². The average Bonchev–Trinajstić information content (AvgIpc) is 2.89. The molecule has 0 aliphatic carbocycles. The van der Waals surface area contributed by atoms with Crippen LogP contribution in [0, 0.1) is 6.92 Å². The van der Waals surface area contributed by atoms with Gasteiger partial charge in [0.15, 0.2) is 5.65 Å². The van der Waals surface area contributed by atoms with E-state index in [4.69, 9.17) is 0 Å². The fourth-order valence-corrected chi connectivity index (χ4v) is 2.83. The maximum Gasteiger partial charge on any atom is 0.241 e. The lowest BCUT2D eigenvalue weighted by molar-refractivity contribution is -0.120. The molecule has 6 nitrogen and oxygen atoms in total. The van der Waals surface area contributed by atoms with Crippen molar-refractivity contribution in [2.75, 3.05) is 12.4 Å². The number of anilines is 1. The van der Waals surface area contributed by atoms with Gasteiger partial charge in [0.2, 0.25) is 5.91 Å². The summed E-state index contributed by atoms with van der Waals surface area (Å²) in [6.45, 7) is 4.56. The predicted octanol–water partition coefficient (Wildman–Crippen LogP) is 2.74. The Morgan fingerprint density at radius 1 is 1.32 bits per heavy atom. The van der Waals surface area contributed by atoms with Gasteiger partial charge in [0.1, 0.15) is 0 Å². The molecule has 0 saturated heterocycles. The molecule has 0 radical (unpaired) electrons. The standard InChI is InChI=1S/C19H23N5O/c1-13-17-10-16(11-20-18(17)24(4)22-13)21-19(25)14(2)23(3)12-15-8-6-5-7-9-15/h5-11,14H,12H2,1-4H3,(H,21,25)/t14-/m0/s1. The number of pyridine rings is 1. The summed E-state index contributed by atoms with van der Waals surface area (Å²) in [7, 11) is 3.81. The molecule has 130 valence electrons. The van der Waals surface area contributed by atoms with Crippen LogP contribution in [0.15, 0.2) is 42.6 Å². The van der Waals surface area contributed by atoms with Crippen LogP contribution in [0.2, 0.25) is 0 Å². The summed E-state index contributed by atoms with van der Waals surface area (Å²) in [5.41, 5.74) is 3.58. The molecule has 1 atom stereocenters. The molecule has 25 heavy (non-hydrogen) atoms. The maximum absolute atomic E-state index is 12.6. The average molecular weight is 337 g/mol. The zero-order valence-electron chi connectivity index (χ0n) is 15.0. The Morgan fingerprint density at radius 2 is 2.04 bits per heavy atom. The fraction of sp³-hybridized carbons (Fsp3) is 0.316. The lowest BCUT2D eigenvalue weighted by Crippen LogP contribution is -2.39. The molecule has 1 aromatic carbocycles. The van der Waals surface area contributed by atoms with Crippen LogP contribution in [0.3, 0.4) is 0 Å². The van der Waals surface area contributed by atoms with E-state index in [0.717, 1.165) is 16.7 Å². The zero-order valence-corrected chi connectivity index (χ0v) is 15.0. The number of rotatable bonds is 5. The smallest absolute Gasteiger partial charge is 0.241 e. The van der Waals surface area contributed by atoms with Crippen LogP contribution < -0.4 is 5.32 Å². The zero-order chi connectivity index (χ0) is 18.0. The van der Waals surface area contributed by atoms with E-state index in [2.05, 4.69) is 27.5 Å². The van der Waals surface area contributed by atoms with Gasteiger partial charge in [0.05, 0.1) is 23.6 Å². The van der Waals surface area contributed by atoms with Crippen molar-refractivity contribution in [3.8, 4) is 0 Å². The van der Waals surface area contributed by atoms with Gasteiger partial charge in [-0.1, -0.05) is 30.3 Å². The molecule has 0 spiro atoms. The van der Waals surface area contributed by atoms with Crippen LogP contribution in [0.4, 0.5) is 5.69 Å². The van der Waals surface area contributed by atoms with Crippen LogP contribution in [-0.2, 0) is 18.4 Å². The first-order valence-electron chi connectivity index (χ1n) is 8.30. The SMILES string of the molecule is Cc1nn(C)c2ncc(NC(=O)[C@H](C)N(C)Cc3ccccc3)cc12. The number of amides is 1. The van der Waals surface area contributed by atoms with Crippen molar-refractivity contribution < 1.29 is 4.79 Å². The summed E-state index contributed by atoms with van der Waals surface area (Å²) in [5.74, 6) is -0.0545. The fourth-order valence-electron chi connectivity index (χ4n) is 2.83. The van der Waals surface area contributed by atoms with Gasteiger partial charge in [-0.3, -0.25) is 14.4 Å². The number of aryl methyl sites for hydroxylation is 2. The molecule has 6 heteroatoms. The molecule has 0 saturated carbocycles. The van der Waals surface area contributed by atoms with Gasteiger partial charge in [-0.05, 0) is 32.5 Å². The highest BCUT2D eigenvalue weighted by molar-refractivity contribution is 5.96. The molecule has 0 unspecified atom stereocenters. The van der Waals surface area contributed by atoms with E-state index in [0.29, 0.717) is 12.2 Å². The van der Waals surface area contributed by atoms with E-state index in [9.17, 15) is 4.79 Å². The second-order valence-electron chi connectivity index (χ2n) is 6.37. The van der Waals surface area contributed by atoms with Gasteiger partial charge < -0.3 is 5.32 Å². The minimum atomic E-state index is -0.258. The van der Waals surface area contributed by atoms with Crippen molar-refractivity contribution in [1.29, 1.82) is 0 Å². The van der Waals surface area contributed by atoms with Crippen molar-refractivity contribution >= 4 is 22.6 Å². The Bertz CT molecular complexity index is 887. The van der Waals surface area contributed by atoms with Gasteiger partial charge in [0, 0.05) is 19.0 Å². The Hall–Kier alpha value is -2.73. The lowest BCUT2D eigenvalue weighted by Gasteiger charge is -2.23. The first-order chi connectivity index (χ1) is 12.0. The van der Waals surface area contributed by atoms with Crippen LogP contribution >= 0.6 is 0 Å². The third-order valence-corrected chi connectivity index (χ3v) is 4.45. The topological polar surface area (TPSA) is 63.1 Å². The summed E-state index contributed by atoms with van der Waals surface area (Å²) in [6.07, 6.45) is 1.67. The molecular formula is C19H23N5O. The summed E-state index contributed by atoms with van der Waals surface area (Å²) in [5, 5.41) is 8.26. The Labute approximate surface area is 147 Å². The summed E-state index contributed by atoms with van der Waals surface area (Å²) >= 11 is 0. The Kier molecular flexibility index (Phi) is 4.81. The molecule has 3 rings (SSSR count). The number of nitrogens with one attached hydrogen (secondary N) is 1.